The Morgan fingerprint density at radius 2 is 1.48 bits per heavy atom. The lowest BCUT2D eigenvalue weighted by atomic mass is 9.92. The molecule has 0 aliphatic heterocycles. The Morgan fingerprint density at radius 1 is 0.968 bits per heavy atom. The molecular weight excluding hydrogens is 425 g/mol. The number of hydrogen-bond donors (Lipinski definition) is 1. The van der Waals surface area contributed by atoms with Crippen LogP contribution in [0.3, 0.4) is 0 Å². The first-order valence-corrected chi connectivity index (χ1v) is 9.41. The van der Waals surface area contributed by atoms with E-state index >= 15 is 0 Å². The van der Waals surface area contributed by atoms with Crippen LogP contribution in [-0.4, -0.2) is 61.7 Å². The van der Waals surface area contributed by atoms with Crippen molar-refractivity contribution in [3.05, 3.63) is 35.9 Å². The first kappa shape index (κ1) is 26.4. The molecule has 0 saturated heterocycles. The van der Waals surface area contributed by atoms with E-state index in [1.165, 1.54) is 32.0 Å². The SMILES string of the molecule is CCOC(=O)C[C@@H](O)[C@@H](CC(=O)OCC)OC(=O)C(OC)(c1ccccc1)C(F)(F)F. The van der Waals surface area contributed by atoms with Crippen LogP contribution in [0.5, 0.6) is 0 Å². The summed E-state index contributed by atoms with van der Waals surface area (Å²) in [4.78, 5) is 36.3. The number of esters is 3. The van der Waals surface area contributed by atoms with Crippen molar-refractivity contribution in [3.63, 3.8) is 0 Å². The highest BCUT2D eigenvalue weighted by molar-refractivity contribution is 5.83. The lowest BCUT2D eigenvalue weighted by molar-refractivity contribution is -0.279. The molecule has 8 nitrogen and oxygen atoms in total. The van der Waals surface area contributed by atoms with Gasteiger partial charge in [-0.25, -0.2) is 4.79 Å². The third-order valence-corrected chi connectivity index (χ3v) is 4.22. The molecule has 1 aromatic rings. The minimum atomic E-state index is -5.25. The normalized spacial score (nSPS) is 15.3. The zero-order chi connectivity index (χ0) is 23.7. The van der Waals surface area contributed by atoms with Crippen LogP contribution in [0, 0.1) is 0 Å². The number of carbonyl (C=O) groups is 3. The average Bonchev–Trinajstić information content (AvgIpc) is 2.68. The Balaban J connectivity index is 3.28. The van der Waals surface area contributed by atoms with Crippen LogP contribution in [0.4, 0.5) is 13.2 Å². The Labute approximate surface area is 177 Å². The molecule has 0 spiro atoms. The standard InChI is InChI=1S/C20H25F3O8/c1-4-29-16(25)11-14(24)15(12-17(26)30-5-2)31-18(27)19(28-3,20(21,22)23)13-9-7-6-8-10-13/h6-10,14-15,24H,4-5,11-12H2,1-3H3/t14-,15-,19?/m1/s1. The molecule has 11 heteroatoms. The third kappa shape index (κ3) is 6.66. The molecule has 1 N–H and O–H groups in total. The molecule has 31 heavy (non-hydrogen) atoms. The van der Waals surface area contributed by atoms with Gasteiger partial charge in [-0.05, 0) is 13.8 Å². The van der Waals surface area contributed by atoms with Gasteiger partial charge in [0.1, 0.15) is 12.2 Å². The summed E-state index contributed by atoms with van der Waals surface area (Å²) in [5.41, 5.74) is -4.09. The minimum absolute atomic E-state index is 0.0112. The average molecular weight is 450 g/mol. The molecule has 0 aromatic heterocycles. The van der Waals surface area contributed by atoms with E-state index in [2.05, 4.69) is 9.47 Å². The van der Waals surface area contributed by atoms with E-state index in [4.69, 9.17) is 9.47 Å². The number of alkyl halides is 3. The van der Waals surface area contributed by atoms with E-state index < -0.39 is 60.3 Å². The molecule has 0 saturated carbocycles. The van der Waals surface area contributed by atoms with Gasteiger partial charge in [0, 0.05) is 12.7 Å². The topological polar surface area (TPSA) is 108 Å². The van der Waals surface area contributed by atoms with Gasteiger partial charge < -0.3 is 24.1 Å². The molecular formula is C20H25F3O8. The molecule has 0 radical (unpaired) electrons. The molecule has 0 aliphatic rings. The van der Waals surface area contributed by atoms with Gasteiger partial charge >= 0.3 is 24.1 Å². The molecule has 1 rings (SSSR count). The number of carbonyl (C=O) groups excluding carboxylic acids is 3. The summed E-state index contributed by atoms with van der Waals surface area (Å²) in [6.45, 7) is 2.93. The van der Waals surface area contributed by atoms with Gasteiger partial charge in [-0.1, -0.05) is 30.3 Å². The highest BCUT2D eigenvalue weighted by Gasteiger charge is 2.64. The number of aliphatic hydroxyl groups is 1. The van der Waals surface area contributed by atoms with Crippen LogP contribution in [0.1, 0.15) is 32.3 Å². The summed E-state index contributed by atoms with van der Waals surface area (Å²) < 4.78 is 60.9. The van der Waals surface area contributed by atoms with E-state index in [9.17, 15) is 32.7 Å². The lowest BCUT2D eigenvalue weighted by Gasteiger charge is -2.34. The van der Waals surface area contributed by atoms with Gasteiger partial charge in [-0.15, -0.1) is 0 Å². The maximum absolute atomic E-state index is 14.0. The van der Waals surface area contributed by atoms with Crippen molar-refractivity contribution >= 4 is 17.9 Å². The second kappa shape index (κ2) is 11.7. The van der Waals surface area contributed by atoms with Crippen LogP contribution >= 0.6 is 0 Å². The van der Waals surface area contributed by atoms with Gasteiger partial charge in [0.25, 0.3) is 5.60 Å². The van der Waals surface area contributed by atoms with Crippen LogP contribution in [0.2, 0.25) is 0 Å². The molecule has 0 heterocycles. The number of rotatable bonds is 11. The fourth-order valence-electron chi connectivity index (χ4n) is 2.77. The van der Waals surface area contributed by atoms with E-state index in [1.54, 1.807) is 0 Å². The maximum Gasteiger partial charge on any atom is 0.432 e. The molecule has 1 aromatic carbocycles. The zero-order valence-corrected chi connectivity index (χ0v) is 17.3. The van der Waals surface area contributed by atoms with Crippen LogP contribution in [0.15, 0.2) is 30.3 Å². The number of halogens is 3. The predicted octanol–water partition coefficient (Wildman–Crippen LogP) is 2.27. The summed E-state index contributed by atoms with van der Waals surface area (Å²) in [6.07, 6.45) is -10.4. The third-order valence-electron chi connectivity index (χ3n) is 4.22. The van der Waals surface area contributed by atoms with Crippen molar-refractivity contribution in [2.75, 3.05) is 20.3 Å². The maximum atomic E-state index is 14.0. The Bertz CT molecular complexity index is 738. The summed E-state index contributed by atoms with van der Waals surface area (Å²) in [5, 5.41) is 10.3. The number of benzene rings is 1. The minimum Gasteiger partial charge on any atom is -0.466 e. The molecule has 0 amide bonds. The highest BCUT2D eigenvalue weighted by Crippen LogP contribution is 2.43. The van der Waals surface area contributed by atoms with Gasteiger partial charge in [-0.2, -0.15) is 13.2 Å². The first-order valence-electron chi connectivity index (χ1n) is 9.41. The molecule has 0 bridgehead atoms. The van der Waals surface area contributed by atoms with Gasteiger partial charge in [0.05, 0.1) is 26.1 Å². The van der Waals surface area contributed by atoms with Crippen molar-refractivity contribution in [2.24, 2.45) is 0 Å². The Hall–Kier alpha value is -2.66. The van der Waals surface area contributed by atoms with Crippen molar-refractivity contribution in [3.8, 4) is 0 Å². The number of hydrogen-bond acceptors (Lipinski definition) is 8. The van der Waals surface area contributed by atoms with E-state index in [0.717, 1.165) is 12.1 Å². The van der Waals surface area contributed by atoms with Gasteiger partial charge in [-0.3, -0.25) is 9.59 Å². The molecule has 1 unspecified atom stereocenters. The van der Waals surface area contributed by atoms with Crippen molar-refractivity contribution in [1.29, 1.82) is 0 Å². The van der Waals surface area contributed by atoms with Gasteiger partial charge in [0.15, 0.2) is 0 Å². The predicted molar refractivity (Wildman–Crippen MR) is 99.6 cm³/mol. The summed E-state index contributed by atoms with van der Waals surface area (Å²) in [7, 11) is 0.678. The molecule has 0 fully saturated rings. The number of methoxy groups -OCH3 is 1. The lowest BCUT2D eigenvalue weighted by Crippen LogP contribution is -2.53. The largest absolute Gasteiger partial charge is 0.466 e. The molecule has 0 aliphatic carbocycles. The van der Waals surface area contributed by atoms with Crippen LogP contribution in [0.25, 0.3) is 0 Å². The highest BCUT2D eigenvalue weighted by atomic mass is 19.4. The second-order valence-electron chi connectivity index (χ2n) is 6.28. The smallest absolute Gasteiger partial charge is 0.432 e. The first-order chi connectivity index (χ1) is 14.5. The van der Waals surface area contributed by atoms with E-state index in [0.29, 0.717) is 7.11 Å². The number of aliphatic hydroxyl groups excluding tert-OH is 1. The van der Waals surface area contributed by atoms with Crippen LogP contribution < -0.4 is 0 Å². The molecule has 174 valence electrons. The van der Waals surface area contributed by atoms with E-state index in [-0.39, 0.29) is 13.2 Å². The second-order valence-corrected chi connectivity index (χ2v) is 6.28. The monoisotopic (exact) mass is 450 g/mol. The molecule has 3 atom stereocenters. The van der Waals surface area contributed by atoms with Crippen molar-refractivity contribution in [1.82, 2.24) is 0 Å². The van der Waals surface area contributed by atoms with E-state index in [1.807, 2.05) is 0 Å². The Kier molecular flexibility index (Phi) is 9.92. The van der Waals surface area contributed by atoms with Crippen LogP contribution in [-0.2, 0) is 38.9 Å². The van der Waals surface area contributed by atoms with Crippen molar-refractivity contribution < 1.29 is 51.6 Å². The van der Waals surface area contributed by atoms with Crippen molar-refractivity contribution in [2.45, 2.75) is 50.7 Å². The summed E-state index contributed by atoms with van der Waals surface area (Å²) in [6, 6.07) is 6.03. The fourth-order valence-corrected chi connectivity index (χ4v) is 2.77. The number of ether oxygens (including phenoxy) is 4. The zero-order valence-electron chi connectivity index (χ0n) is 17.3. The fraction of sp³-hybridized carbons (Fsp3) is 0.550. The quantitative estimate of drug-likeness (QED) is 0.404. The Morgan fingerprint density at radius 3 is 1.94 bits per heavy atom. The summed E-state index contributed by atoms with van der Waals surface area (Å²) >= 11 is 0. The summed E-state index contributed by atoms with van der Waals surface area (Å²) in [5.74, 6) is -3.75. The van der Waals surface area contributed by atoms with Gasteiger partial charge in [0.2, 0.25) is 0 Å².